The second-order valence-corrected chi connectivity index (χ2v) is 7.32. The first-order valence-electron chi connectivity index (χ1n) is 8.23. The van der Waals surface area contributed by atoms with Gasteiger partial charge in [0.05, 0.1) is 23.4 Å². The molecule has 3 N–H and O–H groups in total. The molecule has 1 aromatic rings. The number of carbonyl (C=O) groups excluding carboxylic acids is 1. The number of amides is 1. The molecule has 0 spiro atoms. The molecular weight excluding hydrogens is 328 g/mol. The maximum atomic E-state index is 12.7. The predicted molar refractivity (Wildman–Crippen MR) is 95.7 cm³/mol. The average Bonchev–Trinajstić information content (AvgIpc) is 2.51. The number of nitrogens with zero attached hydrogens (tertiary/aromatic N) is 2. The largest absolute Gasteiger partial charge is 0.496 e. The van der Waals surface area contributed by atoms with Gasteiger partial charge in [-0.2, -0.15) is 0 Å². The SMILES string of the molecule is COc1cc(N)c(Cl)cc1C(=O)NC1CC2CN(C)CC(C1)N2C. The Bertz CT molecular complexity index is 623. The van der Waals surface area contributed by atoms with Crippen molar-refractivity contribution in [3.63, 3.8) is 0 Å². The average molecular weight is 353 g/mol. The van der Waals surface area contributed by atoms with Crippen LogP contribution in [-0.4, -0.2) is 68.1 Å². The van der Waals surface area contributed by atoms with Gasteiger partial charge in [0.2, 0.25) is 0 Å². The van der Waals surface area contributed by atoms with E-state index in [0.717, 1.165) is 25.9 Å². The third-order valence-corrected chi connectivity index (χ3v) is 5.54. The van der Waals surface area contributed by atoms with Gasteiger partial charge >= 0.3 is 0 Å². The number of carbonyl (C=O) groups is 1. The zero-order valence-corrected chi connectivity index (χ0v) is 15.1. The van der Waals surface area contributed by atoms with Crippen LogP contribution in [0.15, 0.2) is 12.1 Å². The van der Waals surface area contributed by atoms with Crippen LogP contribution in [0.25, 0.3) is 0 Å². The molecule has 132 valence electrons. The molecule has 0 saturated carbocycles. The third-order valence-electron chi connectivity index (χ3n) is 5.21. The minimum absolute atomic E-state index is 0.158. The monoisotopic (exact) mass is 352 g/mol. The van der Waals surface area contributed by atoms with E-state index in [1.807, 2.05) is 0 Å². The summed E-state index contributed by atoms with van der Waals surface area (Å²) >= 11 is 6.07. The number of nitrogens with two attached hydrogens (primary N) is 1. The predicted octanol–water partition coefficient (Wildman–Crippen LogP) is 1.44. The normalized spacial score (nSPS) is 27.8. The summed E-state index contributed by atoms with van der Waals surface area (Å²) in [6.45, 7) is 2.08. The summed E-state index contributed by atoms with van der Waals surface area (Å²) in [5, 5.41) is 3.52. The van der Waals surface area contributed by atoms with Crippen LogP contribution in [0.4, 0.5) is 5.69 Å². The van der Waals surface area contributed by atoms with Crippen LogP contribution in [0.1, 0.15) is 23.2 Å². The molecule has 2 saturated heterocycles. The van der Waals surface area contributed by atoms with E-state index in [9.17, 15) is 4.79 Å². The summed E-state index contributed by atoms with van der Waals surface area (Å²) in [4.78, 5) is 17.5. The third kappa shape index (κ3) is 3.31. The van der Waals surface area contributed by atoms with Gasteiger partial charge in [0.1, 0.15) is 5.75 Å². The number of nitrogen functional groups attached to an aromatic ring is 1. The van der Waals surface area contributed by atoms with Crippen LogP contribution in [0, 0.1) is 0 Å². The van der Waals surface area contributed by atoms with Crippen molar-refractivity contribution in [1.29, 1.82) is 0 Å². The summed E-state index contributed by atoms with van der Waals surface area (Å²) in [5.74, 6) is 0.289. The number of hydrogen-bond donors (Lipinski definition) is 2. The molecule has 24 heavy (non-hydrogen) atoms. The van der Waals surface area contributed by atoms with Gasteiger partial charge in [0.15, 0.2) is 0 Å². The number of methoxy groups -OCH3 is 1. The van der Waals surface area contributed by atoms with E-state index >= 15 is 0 Å². The zero-order chi connectivity index (χ0) is 17.4. The van der Waals surface area contributed by atoms with Crippen molar-refractivity contribution in [2.45, 2.75) is 31.0 Å². The molecule has 2 fully saturated rings. The highest BCUT2D eigenvalue weighted by atomic mass is 35.5. The fraction of sp³-hybridized carbons (Fsp3) is 0.588. The van der Waals surface area contributed by atoms with E-state index in [-0.39, 0.29) is 11.9 Å². The van der Waals surface area contributed by atoms with Crippen molar-refractivity contribution in [3.05, 3.63) is 22.7 Å². The van der Waals surface area contributed by atoms with E-state index in [0.29, 0.717) is 34.1 Å². The van der Waals surface area contributed by atoms with Crippen LogP contribution >= 0.6 is 11.6 Å². The summed E-state index contributed by atoms with van der Waals surface area (Å²) in [7, 11) is 5.87. The summed E-state index contributed by atoms with van der Waals surface area (Å²) < 4.78 is 5.28. The number of anilines is 1. The number of piperazine rings is 1. The topological polar surface area (TPSA) is 70.8 Å². The number of nitrogens with one attached hydrogen (secondary N) is 1. The fourth-order valence-electron chi connectivity index (χ4n) is 3.88. The molecule has 2 heterocycles. The number of benzene rings is 1. The molecule has 2 bridgehead atoms. The van der Waals surface area contributed by atoms with E-state index < -0.39 is 0 Å². The van der Waals surface area contributed by atoms with Crippen molar-refractivity contribution in [2.24, 2.45) is 0 Å². The van der Waals surface area contributed by atoms with Crippen molar-refractivity contribution >= 4 is 23.2 Å². The quantitative estimate of drug-likeness (QED) is 0.805. The fourth-order valence-corrected chi connectivity index (χ4v) is 4.04. The van der Waals surface area contributed by atoms with Crippen molar-refractivity contribution in [1.82, 2.24) is 15.1 Å². The van der Waals surface area contributed by atoms with Crippen molar-refractivity contribution in [3.8, 4) is 5.75 Å². The lowest BCUT2D eigenvalue weighted by atomic mass is 9.88. The summed E-state index contributed by atoms with van der Waals surface area (Å²) in [6.07, 6.45) is 1.90. The van der Waals surface area contributed by atoms with Gasteiger partial charge < -0.3 is 20.7 Å². The molecule has 1 aromatic carbocycles. The lowest BCUT2D eigenvalue weighted by Gasteiger charge is -2.50. The van der Waals surface area contributed by atoms with Crippen LogP contribution < -0.4 is 15.8 Å². The molecule has 2 aliphatic rings. The Balaban J connectivity index is 1.73. The molecule has 2 unspecified atom stereocenters. The lowest BCUT2D eigenvalue weighted by molar-refractivity contribution is 0.00839. The zero-order valence-electron chi connectivity index (χ0n) is 14.4. The van der Waals surface area contributed by atoms with E-state index in [2.05, 4.69) is 29.2 Å². The summed E-state index contributed by atoms with van der Waals surface area (Å²) in [6, 6.07) is 4.29. The minimum Gasteiger partial charge on any atom is -0.496 e. The highest BCUT2D eigenvalue weighted by Gasteiger charge is 2.38. The Morgan fingerprint density at radius 1 is 1.29 bits per heavy atom. The van der Waals surface area contributed by atoms with Crippen LogP contribution in [-0.2, 0) is 0 Å². The standard InChI is InChI=1S/C17H25ClN4O2/c1-21-8-11-4-10(5-12(9-21)22(11)2)20-17(23)13-6-14(18)15(19)7-16(13)24-3/h6-7,10-12H,4-5,8-9,19H2,1-3H3,(H,20,23). The lowest BCUT2D eigenvalue weighted by Crippen LogP contribution is -2.63. The van der Waals surface area contributed by atoms with E-state index in [1.165, 1.54) is 7.11 Å². The first-order chi connectivity index (χ1) is 11.4. The van der Waals surface area contributed by atoms with Gasteiger partial charge in [0, 0.05) is 37.3 Å². The van der Waals surface area contributed by atoms with Crippen LogP contribution in [0.5, 0.6) is 5.75 Å². The molecule has 0 aliphatic carbocycles. The van der Waals surface area contributed by atoms with Crippen LogP contribution in [0.2, 0.25) is 5.02 Å². The number of rotatable bonds is 3. The minimum atomic E-state index is -0.158. The van der Waals surface area contributed by atoms with E-state index in [1.54, 1.807) is 12.1 Å². The van der Waals surface area contributed by atoms with Crippen LogP contribution in [0.3, 0.4) is 0 Å². The first-order valence-corrected chi connectivity index (χ1v) is 8.61. The van der Waals surface area contributed by atoms with Gasteiger partial charge in [-0.1, -0.05) is 11.6 Å². The highest BCUT2D eigenvalue weighted by molar-refractivity contribution is 6.33. The Labute approximate surface area is 147 Å². The Kier molecular flexibility index (Phi) is 4.90. The maximum absolute atomic E-state index is 12.7. The molecule has 0 radical (unpaired) electrons. The molecule has 3 rings (SSSR count). The number of piperidine rings is 1. The Hall–Kier alpha value is -1.50. The van der Waals surface area contributed by atoms with Gasteiger partial charge in [-0.05, 0) is 33.0 Å². The molecule has 6 nitrogen and oxygen atoms in total. The van der Waals surface area contributed by atoms with Crippen molar-refractivity contribution < 1.29 is 9.53 Å². The number of ether oxygens (including phenoxy) is 1. The second kappa shape index (κ2) is 6.78. The van der Waals surface area contributed by atoms with Gasteiger partial charge in [-0.25, -0.2) is 0 Å². The molecular formula is C17H25ClN4O2. The smallest absolute Gasteiger partial charge is 0.255 e. The van der Waals surface area contributed by atoms with Gasteiger partial charge in [0.25, 0.3) is 5.91 Å². The second-order valence-electron chi connectivity index (χ2n) is 6.91. The number of likely N-dealkylation sites (tertiary alicyclic amines) is 1. The number of fused-ring (bicyclic) bond motifs is 2. The molecule has 0 aromatic heterocycles. The molecule has 2 atom stereocenters. The molecule has 2 aliphatic heterocycles. The number of likely N-dealkylation sites (N-methyl/N-ethyl adjacent to an activating group) is 2. The van der Waals surface area contributed by atoms with Crippen molar-refractivity contribution in [2.75, 3.05) is 40.0 Å². The Morgan fingerprint density at radius 2 is 1.92 bits per heavy atom. The first kappa shape index (κ1) is 17.3. The van der Waals surface area contributed by atoms with E-state index in [4.69, 9.17) is 22.1 Å². The van der Waals surface area contributed by atoms with Gasteiger partial charge in [-0.3, -0.25) is 9.69 Å². The Morgan fingerprint density at radius 3 is 2.50 bits per heavy atom. The molecule has 1 amide bonds. The number of hydrogen-bond acceptors (Lipinski definition) is 5. The summed E-state index contributed by atoms with van der Waals surface area (Å²) in [5.41, 5.74) is 6.62. The highest BCUT2D eigenvalue weighted by Crippen LogP contribution is 2.30. The maximum Gasteiger partial charge on any atom is 0.255 e. The number of halogens is 1. The van der Waals surface area contributed by atoms with Gasteiger partial charge in [-0.15, -0.1) is 0 Å². The molecule has 7 heteroatoms.